The first-order valence-electron chi connectivity index (χ1n) is 9.76. The number of aliphatic carboxylic acids is 1. The van der Waals surface area contributed by atoms with Gasteiger partial charge >= 0.3 is 5.97 Å². The lowest BCUT2D eigenvalue weighted by molar-refractivity contribution is -0.142. The quantitative estimate of drug-likeness (QED) is 0.760. The number of hydrogen-bond acceptors (Lipinski definition) is 5. The highest BCUT2D eigenvalue weighted by Gasteiger charge is 2.38. The molecular formula is C23H29NO5. The van der Waals surface area contributed by atoms with Crippen LogP contribution in [-0.2, 0) is 4.79 Å². The van der Waals surface area contributed by atoms with E-state index in [0.717, 1.165) is 28.7 Å². The number of carbonyl (C=O) groups is 1. The molecule has 0 bridgehead atoms. The second-order valence-electron chi connectivity index (χ2n) is 7.51. The number of benzene rings is 2. The van der Waals surface area contributed by atoms with Crippen molar-refractivity contribution in [3.8, 4) is 17.2 Å². The van der Waals surface area contributed by atoms with Crippen LogP contribution in [0.3, 0.4) is 0 Å². The first kappa shape index (κ1) is 21.0. The summed E-state index contributed by atoms with van der Waals surface area (Å²) in [5.41, 5.74) is 4.18. The average Bonchev–Trinajstić information content (AvgIpc) is 3.16. The number of hydrogen-bond donors (Lipinski definition) is 1. The van der Waals surface area contributed by atoms with Gasteiger partial charge in [0.25, 0.3) is 0 Å². The molecule has 0 spiro atoms. The molecule has 1 fully saturated rings. The molecule has 1 saturated heterocycles. The first-order valence-corrected chi connectivity index (χ1v) is 9.76. The summed E-state index contributed by atoms with van der Waals surface area (Å²) >= 11 is 0. The second kappa shape index (κ2) is 8.74. The second-order valence-corrected chi connectivity index (χ2v) is 7.51. The smallest absolute Gasteiger partial charge is 0.320 e. The molecule has 2 aromatic carbocycles. The number of likely N-dealkylation sites (tertiary alicyclic amines) is 1. The maximum atomic E-state index is 12.0. The van der Waals surface area contributed by atoms with Crippen molar-refractivity contribution in [3.63, 3.8) is 0 Å². The van der Waals surface area contributed by atoms with Gasteiger partial charge in [-0.1, -0.05) is 29.3 Å². The predicted octanol–water partition coefficient (Wildman–Crippen LogP) is 3.97. The van der Waals surface area contributed by atoms with Crippen molar-refractivity contribution in [2.75, 3.05) is 27.9 Å². The standard InChI is InChI=1S/C23H29NO5/c1-14-9-15(2)11-16(10-14)22(24-8-6-7-18(24)23(25)26)17-12-20(28-4)21(29-5)13-19(17)27-3/h9-13,18,22H,6-8H2,1-5H3,(H,25,26). The fraction of sp³-hybridized carbons (Fsp3) is 0.435. The van der Waals surface area contributed by atoms with Crippen LogP contribution in [0.25, 0.3) is 0 Å². The fourth-order valence-electron chi connectivity index (χ4n) is 4.35. The van der Waals surface area contributed by atoms with E-state index in [-0.39, 0.29) is 6.04 Å². The maximum Gasteiger partial charge on any atom is 0.320 e. The molecule has 0 aromatic heterocycles. The number of carboxylic acid groups (broad SMARTS) is 1. The van der Waals surface area contributed by atoms with Crippen molar-refractivity contribution in [1.82, 2.24) is 4.90 Å². The van der Waals surface area contributed by atoms with Crippen LogP contribution in [0.4, 0.5) is 0 Å². The van der Waals surface area contributed by atoms with E-state index < -0.39 is 12.0 Å². The van der Waals surface area contributed by atoms with Crippen LogP contribution in [0.2, 0.25) is 0 Å². The molecular weight excluding hydrogens is 370 g/mol. The number of ether oxygens (including phenoxy) is 3. The van der Waals surface area contributed by atoms with Crippen LogP contribution >= 0.6 is 0 Å². The third kappa shape index (κ3) is 4.17. The van der Waals surface area contributed by atoms with Gasteiger partial charge in [0.05, 0.1) is 27.4 Å². The molecule has 29 heavy (non-hydrogen) atoms. The van der Waals surface area contributed by atoms with Gasteiger partial charge in [0.2, 0.25) is 0 Å². The van der Waals surface area contributed by atoms with E-state index in [1.54, 1.807) is 27.4 Å². The molecule has 0 aliphatic carbocycles. The van der Waals surface area contributed by atoms with E-state index in [1.807, 2.05) is 6.07 Å². The Morgan fingerprint density at radius 2 is 1.55 bits per heavy atom. The molecule has 6 heteroatoms. The predicted molar refractivity (Wildman–Crippen MR) is 111 cm³/mol. The number of carboxylic acids is 1. The van der Waals surface area contributed by atoms with Gasteiger partial charge in [0, 0.05) is 18.2 Å². The molecule has 6 nitrogen and oxygen atoms in total. The number of aryl methyl sites for hydroxylation is 2. The van der Waals surface area contributed by atoms with Crippen LogP contribution in [0.1, 0.15) is 41.1 Å². The lowest BCUT2D eigenvalue weighted by Gasteiger charge is -2.33. The molecule has 2 aromatic rings. The Morgan fingerprint density at radius 3 is 2.10 bits per heavy atom. The summed E-state index contributed by atoms with van der Waals surface area (Å²) < 4.78 is 16.7. The number of methoxy groups -OCH3 is 3. The zero-order valence-electron chi connectivity index (χ0n) is 17.7. The normalized spacial score (nSPS) is 17.8. The first-order chi connectivity index (χ1) is 13.9. The van der Waals surface area contributed by atoms with E-state index in [4.69, 9.17) is 14.2 Å². The summed E-state index contributed by atoms with van der Waals surface area (Å²) in [7, 11) is 4.79. The zero-order chi connectivity index (χ0) is 21.1. The van der Waals surface area contributed by atoms with Gasteiger partial charge in [-0.05, 0) is 38.3 Å². The molecule has 156 valence electrons. The molecule has 2 atom stereocenters. The molecule has 0 radical (unpaired) electrons. The summed E-state index contributed by atoms with van der Waals surface area (Å²) in [6.07, 6.45) is 1.47. The lowest BCUT2D eigenvalue weighted by Crippen LogP contribution is -2.39. The van der Waals surface area contributed by atoms with Gasteiger partial charge in [-0.15, -0.1) is 0 Å². The minimum atomic E-state index is -0.795. The number of rotatable bonds is 7. The Hall–Kier alpha value is -2.73. The lowest BCUT2D eigenvalue weighted by atomic mass is 9.92. The summed E-state index contributed by atoms with van der Waals surface area (Å²) in [6, 6.07) is 9.24. The van der Waals surface area contributed by atoms with Crippen molar-refractivity contribution in [2.45, 2.75) is 38.8 Å². The van der Waals surface area contributed by atoms with Crippen molar-refractivity contribution < 1.29 is 24.1 Å². The minimum Gasteiger partial charge on any atom is -0.496 e. The summed E-state index contributed by atoms with van der Waals surface area (Å²) in [5, 5.41) is 9.83. The largest absolute Gasteiger partial charge is 0.496 e. The summed E-state index contributed by atoms with van der Waals surface area (Å²) in [6.45, 7) is 4.81. The Bertz CT molecular complexity index is 875. The van der Waals surface area contributed by atoms with E-state index in [1.165, 1.54) is 0 Å². The number of nitrogens with zero attached hydrogens (tertiary/aromatic N) is 1. The maximum absolute atomic E-state index is 12.0. The van der Waals surface area contributed by atoms with E-state index in [0.29, 0.717) is 30.2 Å². The van der Waals surface area contributed by atoms with Gasteiger partial charge in [-0.2, -0.15) is 0 Å². The SMILES string of the molecule is COc1cc(OC)c(C(c2cc(C)cc(C)c2)N2CCCC2C(=O)O)cc1OC. The summed E-state index contributed by atoms with van der Waals surface area (Å²) in [4.78, 5) is 14.0. The van der Waals surface area contributed by atoms with Crippen LogP contribution in [0, 0.1) is 13.8 Å². The third-order valence-corrected chi connectivity index (χ3v) is 5.50. The van der Waals surface area contributed by atoms with Crippen molar-refractivity contribution in [3.05, 3.63) is 52.6 Å². The van der Waals surface area contributed by atoms with Crippen molar-refractivity contribution in [2.24, 2.45) is 0 Å². The van der Waals surface area contributed by atoms with E-state index >= 15 is 0 Å². The molecule has 1 aliphatic heterocycles. The van der Waals surface area contributed by atoms with Gasteiger partial charge in [0.15, 0.2) is 11.5 Å². The van der Waals surface area contributed by atoms with Crippen LogP contribution < -0.4 is 14.2 Å². The van der Waals surface area contributed by atoms with Crippen molar-refractivity contribution in [1.29, 1.82) is 0 Å². The molecule has 2 unspecified atom stereocenters. The highest BCUT2D eigenvalue weighted by molar-refractivity contribution is 5.74. The fourth-order valence-corrected chi connectivity index (χ4v) is 4.35. The zero-order valence-corrected chi connectivity index (χ0v) is 17.7. The molecule has 3 rings (SSSR count). The Balaban J connectivity index is 2.24. The third-order valence-electron chi connectivity index (χ3n) is 5.50. The molecule has 1 N–H and O–H groups in total. The topological polar surface area (TPSA) is 68.2 Å². The Labute approximate surface area is 172 Å². The van der Waals surface area contributed by atoms with Gasteiger partial charge in [-0.25, -0.2) is 0 Å². The highest BCUT2D eigenvalue weighted by Crippen LogP contribution is 2.44. The molecule has 0 amide bonds. The molecule has 1 aliphatic rings. The van der Waals surface area contributed by atoms with E-state index in [9.17, 15) is 9.90 Å². The van der Waals surface area contributed by atoms with E-state index in [2.05, 4.69) is 36.9 Å². The Kier molecular flexibility index (Phi) is 6.33. The van der Waals surface area contributed by atoms with Gasteiger partial charge < -0.3 is 19.3 Å². The van der Waals surface area contributed by atoms with Crippen LogP contribution in [-0.4, -0.2) is 49.9 Å². The van der Waals surface area contributed by atoms with Crippen LogP contribution in [0.5, 0.6) is 17.2 Å². The molecule has 1 heterocycles. The Morgan fingerprint density at radius 1 is 0.966 bits per heavy atom. The average molecular weight is 399 g/mol. The monoisotopic (exact) mass is 399 g/mol. The minimum absolute atomic E-state index is 0.271. The molecule has 0 saturated carbocycles. The van der Waals surface area contributed by atoms with Crippen molar-refractivity contribution >= 4 is 5.97 Å². The van der Waals surface area contributed by atoms with Gasteiger partial charge in [-0.3, -0.25) is 9.69 Å². The highest BCUT2D eigenvalue weighted by atomic mass is 16.5. The van der Waals surface area contributed by atoms with Crippen LogP contribution in [0.15, 0.2) is 30.3 Å². The summed E-state index contributed by atoms with van der Waals surface area (Å²) in [5.74, 6) is 1.01. The van der Waals surface area contributed by atoms with Gasteiger partial charge in [0.1, 0.15) is 11.8 Å².